The molecule has 34 heavy (non-hydrogen) atoms. The molecule has 0 aliphatic heterocycles. The molecule has 1 N–H and O–H groups in total. The largest absolute Gasteiger partial charge is 0.493 e. The van der Waals surface area contributed by atoms with E-state index in [1.54, 1.807) is 37.5 Å². The molecule has 3 aromatic rings. The first-order valence-electron chi connectivity index (χ1n) is 10.3. The van der Waals surface area contributed by atoms with E-state index in [-0.39, 0.29) is 5.57 Å². The van der Waals surface area contributed by atoms with Crippen LogP contribution >= 0.6 is 38.5 Å². The SMILES string of the molecule is C=CCc1cc(/C=C(/C#N)C(=O)Nc2cccc(Br)c2)cc(OC)c1OCc1ccc(I)cc1. The van der Waals surface area contributed by atoms with E-state index in [1.807, 2.05) is 42.5 Å². The Bertz CT molecular complexity index is 1260. The maximum atomic E-state index is 12.7. The summed E-state index contributed by atoms with van der Waals surface area (Å²) < 4.78 is 13.7. The summed E-state index contributed by atoms with van der Waals surface area (Å²) in [4.78, 5) is 12.7. The number of nitrogens with one attached hydrogen (secondary N) is 1. The minimum absolute atomic E-state index is 0.0286. The van der Waals surface area contributed by atoms with Crippen molar-refractivity contribution in [3.8, 4) is 17.6 Å². The van der Waals surface area contributed by atoms with E-state index in [4.69, 9.17) is 9.47 Å². The molecular weight excluding hydrogens is 607 g/mol. The van der Waals surface area contributed by atoms with Crippen molar-refractivity contribution < 1.29 is 14.3 Å². The lowest BCUT2D eigenvalue weighted by atomic mass is 10.0. The third-order valence-corrected chi connectivity index (χ3v) is 6.01. The van der Waals surface area contributed by atoms with E-state index in [2.05, 4.69) is 50.4 Å². The van der Waals surface area contributed by atoms with Crippen LogP contribution in [-0.4, -0.2) is 13.0 Å². The molecule has 0 radical (unpaired) electrons. The highest BCUT2D eigenvalue weighted by Gasteiger charge is 2.15. The Hall–Kier alpha value is -3.09. The van der Waals surface area contributed by atoms with Crippen molar-refractivity contribution in [1.82, 2.24) is 0 Å². The van der Waals surface area contributed by atoms with Crippen LogP contribution in [0.4, 0.5) is 5.69 Å². The van der Waals surface area contributed by atoms with Gasteiger partial charge in [0.1, 0.15) is 18.2 Å². The van der Waals surface area contributed by atoms with Crippen molar-refractivity contribution in [3.05, 3.63) is 104 Å². The highest BCUT2D eigenvalue weighted by molar-refractivity contribution is 14.1. The maximum absolute atomic E-state index is 12.7. The number of carbonyl (C=O) groups excluding carboxylic acids is 1. The van der Waals surface area contributed by atoms with Gasteiger partial charge in [0.05, 0.1) is 7.11 Å². The van der Waals surface area contributed by atoms with Crippen LogP contribution in [0.2, 0.25) is 0 Å². The molecular formula is C27H22BrIN2O3. The fourth-order valence-corrected chi connectivity index (χ4v) is 3.96. The van der Waals surface area contributed by atoms with Gasteiger partial charge in [-0.1, -0.05) is 40.2 Å². The Labute approximate surface area is 221 Å². The number of anilines is 1. The fourth-order valence-electron chi connectivity index (χ4n) is 3.21. The van der Waals surface area contributed by atoms with Gasteiger partial charge in [-0.25, -0.2) is 0 Å². The number of amides is 1. The summed E-state index contributed by atoms with van der Waals surface area (Å²) in [7, 11) is 1.56. The predicted molar refractivity (Wildman–Crippen MR) is 147 cm³/mol. The van der Waals surface area contributed by atoms with Crippen LogP contribution in [0.15, 0.2) is 83.4 Å². The van der Waals surface area contributed by atoms with Crippen LogP contribution < -0.4 is 14.8 Å². The number of methoxy groups -OCH3 is 1. The lowest BCUT2D eigenvalue weighted by molar-refractivity contribution is -0.112. The van der Waals surface area contributed by atoms with Crippen molar-refractivity contribution in [2.24, 2.45) is 0 Å². The zero-order valence-corrected chi connectivity index (χ0v) is 22.2. The number of halogens is 2. The molecule has 172 valence electrons. The van der Waals surface area contributed by atoms with E-state index >= 15 is 0 Å². The first-order valence-corrected chi connectivity index (χ1v) is 12.2. The first kappa shape index (κ1) is 25.5. The standard InChI is InChI=1S/C27H22BrIN2O3/c1-3-5-20-12-19(13-21(16-30)27(32)31-24-7-4-6-22(28)15-24)14-25(33-2)26(20)34-17-18-8-10-23(29)11-9-18/h3-4,6-15H,1,5,17H2,2H3,(H,31,32)/b21-13-. The molecule has 0 heterocycles. The van der Waals surface area contributed by atoms with Crippen LogP contribution in [0, 0.1) is 14.9 Å². The zero-order chi connectivity index (χ0) is 24.5. The second-order valence-electron chi connectivity index (χ2n) is 7.25. The van der Waals surface area contributed by atoms with Crippen LogP contribution in [-0.2, 0) is 17.8 Å². The fraction of sp³-hybridized carbons (Fsp3) is 0.111. The highest BCUT2D eigenvalue weighted by Crippen LogP contribution is 2.35. The van der Waals surface area contributed by atoms with Gasteiger partial charge in [-0.05, 0) is 88.7 Å². The van der Waals surface area contributed by atoms with Gasteiger partial charge in [0.25, 0.3) is 5.91 Å². The Morgan fingerprint density at radius 1 is 1.21 bits per heavy atom. The normalized spacial score (nSPS) is 10.8. The average Bonchev–Trinajstić information content (AvgIpc) is 2.82. The molecule has 0 saturated carbocycles. The molecule has 0 aliphatic carbocycles. The lowest BCUT2D eigenvalue weighted by Gasteiger charge is -2.16. The van der Waals surface area contributed by atoms with Gasteiger partial charge in [0, 0.05) is 19.3 Å². The molecule has 0 aliphatic rings. The second kappa shape index (κ2) is 12.4. The monoisotopic (exact) mass is 628 g/mol. The van der Waals surface area contributed by atoms with Gasteiger partial charge in [-0.3, -0.25) is 4.79 Å². The molecule has 0 saturated heterocycles. The topological polar surface area (TPSA) is 71.4 Å². The van der Waals surface area contributed by atoms with Crippen molar-refractivity contribution in [2.45, 2.75) is 13.0 Å². The molecule has 3 aromatic carbocycles. The van der Waals surface area contributed by atoms with E-state index in [1.165, 1.54) is 6.08 Å². The van der Waals surface area contributed by atoms with Gasteiger partial charge in [-0.15, -0.1) is 6.58 Å². The first-order chi connectivity index (χ1) is 16.4. The number of benzene rings is 3. The average molecular weight is 629 g/mol. The second-order valence-corrected chi connectivity index (χ2v) is 9.41. The molecule has 0 bridgehead atoms. The smallest absolute Gasteiger partial charge is 0.266 e. The Morgan fingerprint density at radius 3 is 2.62 bits per heavy atom. The number of hydrogen-bond acceptors (Lipinski definition) is 4. The van der Waals surface area contributed by atoms with Crippen molar-refractivity contribution in [1.29, 1.82) is 5.26 Å². The molecule has 5 nitrogen and oxygen atoms in total. The quantitative estimate of drug-likeness (QED) is 0.121. The zero-order valence-electron chi connectivity index (χ0n) is 18.5. The van der Waals surface area contributed by atoms with Gasteiger partial charge in [0.15, 0.2) is 11.5 Å². The summed E-state index contributed by atoms with van der Waals surface area (Å²) in [5.41, 5.74) is 3.09. The highest BCUT2D eigenvalue weighted by atomic mass is 127. The van der Waals surface area contributed by atoms with Gasteiger partial charge in [0.2, 0.25) is 0 Å². The van der Waals surface area contributed by atoms with E-state index in [0.29, 0.717) is 35.8 Å². The number of nitriles is 1. The predicted octanol–water partition coefficient (Wildman–Crippen LogP) is 6.92. The van der Waals surface area contributed by atoms with Crippen molar-refractivity contribution in [3.63, 3.8) is 0 Å². The van der Waals surface area contributed by atoms with Crippen LogP contribution in [0.1, 0.15) is 16.7 Å². The number of ether oxygens (including phenoxy) is 2. The summed E-state index contributed by atoms with van der Waals surface area (Å²) >= 11 is 5.63. The van der Waals surface area contributed by atoms with Crippen LogP contribution in [0.3, 0.4) is 0 Å². The van der Waals surface area contributed by atoms with Crippen LogP contribution in [0.25, 0.3) is 6.08 Å². The Kier molecular flexibility index (Phi) is 9.31. The summed E-state index contributed by atoms with van der Waals surface area (Å²) in [5.74, 6) is 0.625. The van der Waals surface area contributed by atoms with Gasteiger partial charge < -0.3 is 14.8 Å². The summed E-state index contributed by atoms with van der Waals surface area (Å²) in [6.45, 7) is 4.22. The molecule has 0 unspecified atom stereocenters. The minimum Gasteiger partial charge on any atom is -0.493 e. The van der Waals surface area contributed by atoms with E-state index in [9.17, 15) is 10.1 Å². The molecule has 3 rings (SSSR count). The number of hydrogen-bond donors (Lipinski definition) is 1. The number of carbonyl (C=O) groups is 1. The molecule has 0 fully saturated rings. The molecule has 0 atom stereocenters. The van der Waals surface area contributed by atoms with Gasteiger partial charge in [-0.2, -0.15) is 5.26 Å². The number of allylic oxidation sites excluding steroid dienone is 1. The maximum Gasteiger partial charge on any atom is 0.266 e. The van der Waals surface area contributed by atoms with E-state index in [0.717, 1.165) is 19.2 Å². The molecule has 0 spiro atoms. The number of rotatable bonds is 9. The van der Waals surface area contributed by atoms with E-state index < -0.39 is 5.91 Å². The Morgan fingerprint density at radius 2 is 1.97 bits per heavy atom. The summed E-state index contributed by atoms with van der Waals surface area (Å²) in [6, 6.07) is 20.9. The summed E-state index contributed by atoms with van der Waals surface area (Å²) in [5, 5.41) is 12.4. The summed E-state index contributed by atoms with van der Waals surface area (Å²) in [6.07, 6.45) is 3.84. The third-order valence-electron chi connectivity index (χ3n) is 4.79. The van der Waals surface area contributed by atoms with Crippen molar-refractivity contribution >= 4 is 56.2 Å². The minimum atomic E-state index is -0.496. The van der Waals surface area contributed by atoms with Crippen molar-refractivity contribution in [2.75, 3.05) is 12.4 Å². The molecule has 7 heteroatoms. The van der Waals surface area contributed by atoms with Gasteiger partial charge >= 0.3 is 0 Å². The lowest BCUT2D eigenvalue weighted by Crippen LogP contribution is -2.13. The number of nitrogens with zero attached hydrogens (tertiary/aromatic N) is 1. The molecule has 1 amide bonds. The molecule has 0 aromatic heterocycles. The Balaban J connectivity index is 1.89. The van der Waals surface area contributed by atoms with Crippen LogP contribution in [0.5, 0.6) is 11.5 Å². The third kappa shape index (κ3) is 6.95.